The van der Waals surface area contributed by atoms with Crippen LogP contribution in [0.5, 0.6) is 23.0 Å². The Morgan fingerprint density at radius 1 is 0.403 bits per heavy atom. The average molecular weight is 827 g/mol. The van der Waals surface area contributed by atoms with Gasteiger partial charge in [-0.3, -0.25) is 0 Å². The number of hydrogen-bond acceptors (Lipinski definition) is 8. The van der Waals surface area contributed by atoms with E-state index in [1.54, 1.807) is 52.7 Å². The largest absolute Gasteiger partial charge is 0.497 e. The molecule has 0 heterocycles. The van der Waals surface area contributed by atoms with Crippen LogP contribution in [0.3, 0.4) is 0 Å². The molecule has 6 aromatic carbocycles. The topological polar surface area (TPSA) is 118 Å². The molecule has 0 aliphatic carbocycles. The predicted molar refractivity (Wildman–Crippen MR) is 241 cm³/mol. The van der Waals surface area contributed by atoms with Crippen molar-refractivity contribution in [3.05, 3.63) is 190 Å². The fraction of sp³-hybridized carbons (Fsp3) is 0.154. The molecule has 10 heteroatoms. The third kappa shape index (κ3) is 12.0. The summed E-state index contributed by atoms with van der Waals surface area (Å²) in [6.45, 7) is 2.40. The highest BCUT2D eigenvalue weighted by molar-refractivity contribution is 6.05. The van der Waals surface area contributed by atoms with E-state index in [0.717, 1.165) is 56.6 Å². The van der Waals surface area contributed by atoms with Crippen LogP contribution in [0.1, 0.15) is 33.4 Å². The minimum Gasteiger partial charge on any atom is -0.497 e. The Morgan fingerprint density at radius 3 is 0.855 bits per heavy atom. The number of hydrogen-bond donors (Lipinski definition) is 2. The van der Waals surface area contributed by atoms with Crippen molar-refractivity contribution in [2.75, 3.05) is 38.2 Å². The number of rotatable bonds is 16. The second-order valence-corrected chi connectivity index (χ2v) is 14.1. The summed E-state index contributed by atoms with van der Waals surface area (Å²) in [5.41, 5.74) is 5.90. The lowest BCUT2D eigenvalue weighted by molar-refractivity contribution is -0.135. The molecule has 0 aromatic heterocycles. The molecule has 0 spiro atoms. The fourth-order valence-electron chi connectivity index (χ4n) is 6.51. The van der Waals surface area contributed by atoms with Gasteiger partial charge in [0.05, 0.1) is 28.4 Å². The summed E-state index contributed by atoms with van der Waals surface area (Å²) < 4.78 is 21.3. The van der Waals surface area contributed by atoms with Gasteiger partial charge in [0.2, 0.25) is 0 Å². The van der Waals surface area contributed by atoms with E-state index in [0.29, 0.717) is 37.3 Å². The molecule has 0 aliphatic heterocycles. The van der Waals surface area contributed by atoms with E-state index in [2.05, 4.69) is 33.5 Å². The minimum atomic E-state index is -1.49. The van der Waals surface area contributed by atoms with E-state index in [9.17, 15) is 19.8 Å². The monoisotopic (exact) mass is 826 g/mol. The van der Waals surface area contributed by atoms with E-state index in [1.165, 1.54) is 0 Å². The highest BCUT2D eigenvalue weighted by Gasteiger charge is 2.18. The Balaban J connectivity index is 1.23. The SMILES string of the molecule is COc1ccc(CN(Cc2ccc(OC)cc2)c2ccc(C#CC(C(=O)O)=C(C#Cc3ccc(N(Cc4ccc(OC)cc4)Cc4ccc(OC)cc4)cc3)C(=O)O)cc2)cc1. The molecule has 0 bridgehead atoms. The molecule has 0 unspecified atom stereocenters. The maximum absolute atomic E-state index is 12.4. The van der Waals surface area contributed by atoms with Crippen molar-refractivity contribution in [3.8, 4) is 46.7 Å². The first-order valence-electron chi connectivity index (χ1n) is 19.6. The number of methoxy groups -OCH3 is 4. The Bertz CT molecular complexity index is 2310. The highest BCUT2D eigenvalue weighted by Crippen LogP contribution is 2.25. The molecule has 2 N–H and O–H groups in total. The Kier molecular flexibility index (Phi) is 14.9. The van der Waals surface area contributed by atoms with Crippen LogP contribution in [0.2, 0.25) is 0 Å². The van der Waals surface area contributed by atoms with Crippen molar-refractivity contribution in [3.63, 3.8) is 0 Å². The van der Waals surface area contributed by atoms with Gasteiger partial charge in [-0.05, 0) is 119 Å². The molecule has 0 fully saturated rings. The zero-order chi connectivity index (χ0) is 43.8. The highest BCUT2D eigenvalue weighted by atomic mass is 16.5. The predicted octanol–water partition coefficient (Wildman–Crippen LogP) is 9.00. The van der Waals surface area contributed by atoms with Gasteiger partial charge in [-0.1, -0.05) is 72.2 Å². The van der Waals surface area contributed by atoms with E-state index >= 15 is 0 Å². The molecule has 0 saturated heterocycles. The lowest BCUT2D eigenvalue weighted by atomic mass is 10.1. The number of ether oxygens (including phenoxy) is 4. The lowest BCUT2D eigenvalue weighted by Crippen LogP contribution is -2.22. The molecule has 0 amide bonds. The molecule has 312 valence electrons. The standard InChI is InChI=1S/C52H46N2O8/c1-59-45-23-9-39(10-24-45)33-53(34-40-11-25-46(60-2)26-12-40)43-19-5-37(6-20-43)17-31-49(51(55)56)50(52(57)58)32-18-38-7-21-44(22-8-38)54(35-41-13-27-47(61-3)28-14-41)36-42-15-29-48(62-4)30-16-42/h5-16,19-30H,33-36H2,1-4H3,(H,55,56)(H,57,58). The van der Waals surface area contributed by atoms with Crippen molar-refractivity contribution >= 4 is 23.3 Å². The Labute approximate surface area is 362 Å². The van der Waals surface area contributed by atoms with Crippen molar-refractivity contribution < 1.29 is 38.7 Å². The molecule has 0 atom stereocenters. The van der Waals surface area contributed by atoms with Gasteiger partial charge < -0.3 is 39.0 Å². The average Bonchev–Trinajstić information content (AvgIpc) is 3.30. The molecule has 62 heavy (non-hydrogen) atoms. The number of carboxylic acids is 2. The van der Waals surface area contributed by atoms with Crippen LogP contribution in [0.15, 0.2) is 157 Å². The lowest BCUT2D eigenvalue weighted by Gasteiger charge is -2.25. The Morgan fingerprint density at radius 2 is 0.645 bits per heavy atom. The third-order valence-corrected chi connectivity index (χ3v) is 9.94. The maximum Gasteiger partial charge on any atom is 0.345 e. The summed E-state index contributed by atoms with van der Waals surface area (Å²) in [6, 6.07) is 46.2. The van der Waals surface area contributed by atoms with Crippen LogP contribution in [0.25, 0.3) is 0 Å². The summed E-state index contributed by atoms with van der Waals surface area (Å²) >= 11 is 0. The molecule has 10 nitrogen and oxygen atoms in total. The van der Waals surface area contributed by atoms with Gasteiger partial charge in [-0.25, -0.2) is 9.59 Å². The zero-order valence-corrected chi connectivity index (χ0v) is 34.9. The second-order valence-electron chi connectivity index (χ2n) is 14.1. The van der Waals surface area contributed by atoms with Crippen molar-refractivity contribution in [1.29, 1.82) is 0 Å². The van der Waals surface area contributed by atoms with E-state index in [4.69, 9.17) is 18.9 Å². The van der Waals surface area contributed by atoms with Crippen LogP contribution in [0, 0.1) is 23.7 Å². The van der Waals surface area contributed by atoms with E-state index in [1.807, 2.05) is 121 Å². The summed E-state index contributed by atoms with van der Waals surface area (Å²) in [4.78, 5) is 29.2. The minimum absolute atomic E-state index is 0.503. The van der Waals surface area contributed by atoms with Gasteiger partial charge in [-0.2, -0.15) is 0 Å². The van der Waals surface area contributed by atoms with Crippen LogP contribution in [-0.4, -0.2) is 50.6 Å². The number of carboxylic acid groups (broad SMARTS) is 2. The first kappa shape index (κ1) is 43.5. The van der Waals surface area contributed by atoms with Gasteiger partial charge >= 0.3 is 11.9 Å². The van der Waals surface area contributed by atoms with Crippen molar-refractivity contribution in [2.45, 2.75) is 26.2 Å². The summed E-state index contributed by atoms with van der Waals surface area (Å²) in [5.74, 6) is 10.9. The summed E-state index contributed by atoms with van der Waals surface area (Å²) in [7, 11) is 6.52. The summed E-state index contributed by atoms with van der Waals surface area (Å²) in [6.07, 6.45) is 0. The molecule has 0 saturated carbocycles. The van der Waals surface area contributed by atoms with Gasteiger partial charge in [0.1, 0.15) is 34.1 Å². The quantitative estimate of drug-likeness (QED) is 0.0724. The summed E-state index contributed by atoms with van der Waals surface area (Å²) in [5, 5.41) is 20.2. The van der Waals surface area contributed by atoms with Gasteiger partial charge in [0.15, 0.2) is 0 Å². The van der Waals surface area contributed by atoms with Crippen molar-refractivity contribution in [1.82, 2.24) is 0 Å². The normalized spacial score (nSPS) is 10.8. The second kappa shape index (κ2) is 21.3. The molecule has 0 aliphatic rings. The third-order valence-electron chi connectivity index (χ3n) is 9.94. The van der Waals surface area contributed by atoms with E-state index < -0.39 is 23.1 Å². The van der Waals surface area contributed by atoms with Crippen LogP contribution in [0.4, 0.5) is 11.4 Å². The first-order valence-corrected chi connectivity index (χ1v) is 19.6. The fourth-order valence-corrected chi connectivity index (χ4v) is 6.51. The molecule has 6 aromatic rings. The molecular formula is C52H46N2O8. The molecular weight excluding hydrogens is 781 g/mol. The van der Waals surface area contributed by atoms with E-state index in [-0.39, 0.29) is 0 Å². The smallest absolute Gasteiger partial charge is 0.345 e. The first-order chi connectivity index (χ1) is 30.1. The van der Waals surface area contributed by atoms with Gasteiger partial charge in [0, 0.05) is 48.7 Å². The maximum atomic E-state index is 12.4. The van der Waals surface area contributed by atoms with Crippen LogP contribution in [-0.2, 0) is 35.8 Å². The molecule has 6 rings (SSSR count). The number of anilines is 2. The number of benzene rings is 6. The van der Waals surface area contributed by atoms with Crippen LogP contribution < -0.4 is 28.7 Å². The number of aliphatic carboxylic acids is 2. The van der Waals surface area contributed by atoms with Gasteiger partial charge in [-0.15, -0.1) is 0 Å². The van der Waals surface area contributed by atoms with Gasteiger partial charge in [0.25, 0.3) is 0 Å². The van der Waals surface area contributed by atoms with Crippen LogP contribution >= 0.6 is 0 Å². The number of nitrogens with zero attached hydrogens (tertiary/aromatic N) is 2. The Hall–Kier alpha value is -8.08. The number of carbonyl (C=O) groups is 2. The zero-order valence-electron chi connectivity index (χ0n) is 34.9. The molecule has 0 radical (unpaired) electrons. The van der Waals surface area contributed by atoms with Crippen molar-refractivity contribution in [2.24, 2.45) is 0 Å².